The minimum absolute atomic E-state index is 0.139. The highest BCUT2D eigenvalue weighted by Gasteiger charge is 2.11. The Balaban J connectivity index is 2.52. The SMILES string of the molecule is Cn1cc(-c2nnc(N)n2N)nn1. The summed E-state index contributed by atoms with van der Waals surface area (Å²) in [4.78, 5) is 0. The zero-order valence-electron chi connectivity index (χ0n) is 6.92. The van der Waals surface area contributed by atoms with E-state index in [2.05, 4.69) is 20.5 Å². The van der Waals surface area contributed by atoms with Crippen LogP contribution < -0.4 is 11.6 Å². The molecule has 0 atom stereocenters. The molecule has 8 nitrogen and oxygen atoms in total. The van der Waals surface area contributed by atoms with Crippen LogP contribution in [0.5, 0.6) is 0 Å². The summed E-state index contributed by atoms with van der Waals surface area (Å²) >= 11 is 0. The molecule has 8 heteroatoms. The van der Waals surface area contributed by atoms with Crippen molar-refractivity contribution in [1.82, 2.24) is 29.9 Å². The van der Waals surface area contributed by atoms with Crippen molar-refractivity contribution in [3.8, 4) is 11.5 Å². The highest BCUT2D eigenvalue weighted by Crippen LogP contribution is 2.12. The number of aryl methyl sites for hydroxylation is 1. The Morgan fingerprint density at radius 3 is 2.54 bits per heavy atom. The minimum Gasteiger partial charge on any atom is -0.366 e. The fraction of sp³-hybridized carbons (Fsp3) is 0.200. The minimum atomic E-state index is 0.139. The van der Waals surface area contributed by atoms with E-state index >= 15 is 0 Å². The zero-order valence-corrected chi connectivity index (χ0v) is 6.92. The molecule has 0 aliphatic carbocycles. The van der Waals surface area contributed by atoms with Crippen LogP contribution >= 0.6 is 0 Å². The molecule has 2 aromatic rings. The van der Waals surface area contributed by atoms with Gasteiger partial charge in [-0.15, -0.1) is 15.3 Å². The second-order valence-electron chi connectivity index (χ2n) is 2.53. The van der Waals surface area contributed by atoms with Gasteiger partial charge in [-0.05, 0) is 0 Å². The standard InChI is InChI=1S/C5H8N8/c1-12-2-3(8-11-12)4-9-10-5(6)13(4)7/h2H,7H2,1H3,(H2,6,10). The second-order valence-corrected chi connectivity index (χ2v) is 2.53. The molecule has 0 fully saturated rings. The second kappa shape index (κ2) is 2.44. The average Bonchev–Trinajstić information content (AvgIpc) is 2.62. The van der Waals surface area contributed by atoms with Crippen LogP contribution in [-0.4, -0.2) is 29.9 Å². The number of anilines is 1. The maximum absolute atomic E-state index is 5.53. The molecule has 0 aliphatic rings. The summed E-state index contributed by atoms with van der Waals surface area (Å²) in [6.45, 7) is 0. The lowest BCUT2D eigenvalue weighted by Gasteiger charge is -1.94. The van der Waals surface area contributed by atoms with Crippen LogP contribution in [0.1, 0.15) is 0 Å². The Morgan fingerprint density at radius 1 is 1.31 bits per heavy atom. The summed E-state index contributed by atoms with van der Waals surface area (Å²) in [5.74, 6) is 6.07. The maximum Gasteiger partial charge on any atom is 0.241 e. The first-order valence-electron chi connectivity index (χ1n) is 3.51. The van der Waals surface area contributed by atoms with Crippen molar-refractivity contribution < 1.29 is 0 Å². The van der Waals surface area contributed by atoms with Crippen LogP contribution in [0.4, 0.5) is 5.95 Å². The van der Waals surface area contributed by atoms with E-state index in [9.17, 15) is 0 Å². The van der Waals surface area contributed by atoms with Crippen molar-refractivity contribution >= 4 is 5.95 Å². The first-order chi connectivity index (χ1) is 6.18. The van der Waals surface area contributed by atoms with Crippen molar-refractivity contribution in [3.63, 3.8) is 0 Å². The average molecular weight is 180 g/mol. The predicted molar refractivity (Wildman–Crippen MR) is 44.6 cm³/mol. The van der Waals surface area contributed by atoms with Crippen LogP contribution in [0.15, 0.2) is 6.20 Å². The Bertz CT molecular complexity index is 425. The van der Waals surface area contributed by atoms with Crippen molar-refractivity contribution in [2.45, 2.75) is 0 Å². The van der Waals surface area contributed by atoms with Crippen molar-refractivity contribution in [2.75, 3.05) is 11.6 Å². The van der Waals surface area contributed by atoms with E-state index < -0.39 is 0 Å². The molecule has 13 heavy (non-hydrogen) atoms. The molecular weight excluding hydrogens is 172 g/mol. The lowest BCUT2D eigenvalue weighted by molar-refractivity contribution is 0.715. The van der Waals surface area contributed by atoms with E-state index in [1.165, 1.54) is 0 Å². The van der Waals surface area contributed by atoms with Gasteiger partial charge in [-0.1, -0.05) is 5.21 Å². The molecule has 0 aromatic carbocycles. The normalized spacial score (nSPS) is 10.5. The van der Waals surface area contributed by atoms with Gasteiger partial charge in [0, 0.05) is 7.05 Å². The van der Waals surface area contributed by atoms with Gasteiger partial charge in [0.1, 0.15) is 0 Å². The van der Waals surface area contributed by atoms with Gasteiger partial charge in [0.15, 0.2) is 5.69 Å². The van der Waals surface area contributed by atoms with Gasteiger partial charge >= 0.3 is 0 Å². The van der Waals surface area contributed by atoms with Gasteiger partial charge in [-0.2, -0.15) is 0 Å². The summed E-state index contributed by atoms with van der Waals surface area (Å²) in [5, 5.41) is 14.9. The lowest BCUT2D eigenvalue weighted by atomic mass is 10.4. The Kier molecular flexibility index (Phi) is 1.41. The van der Waals surface area contributed by atoms with Crippen molar-refractivity contribution in [3.05, 3.63) is 6.20 Å². The van der Waals surface area contributed by atoms with E-state index in [4.69, 9.17) is 11.6 Å². The number of nitrogens with two attached hydrogens (primary N) is 2. The molecule has 0 amide bonds. The topological polar surface area (TPSA) is 113 Å². The fourth-order valence-corrected chi connectivity index (χ4v) is 0.928. The Labute approximate surface area is 73.1 Å². The van der Waals surface area contributed by atoms with Crippen molar-refractivity contribution in [1.29, 1.82) is 0 Å². The summed E-state index contributed by atoms with van der Waals surface area (Å²) < 4.78 is 2.70. The zero-order chi connectivity index (χ0) is 9.42. The van der Waals surface area contributed by atoms with Crippen LogP contribution in [0.3, 0.4) is 0 Å². The van der Waals surface area contributed by atoms with E-state index in [1.54, 1.807) is 17.9 Å². The number of nitrogen functional groups attached to an aromatic ring is 2. The predicted octanol–water partition coefficient (Wildman–Crippen LogP) is -1.63. The number of hydrogen-bond acceptors (Lipinski definition) is 6. The molecule has 4 N–H and O–H groups in total. The number of hydrogen-bond donors (Lipinski definition) is 2. The molecular formula is C5H8N8. The van der Waals surface area contributed by atoms with Gasteiger partial charge in [-0.3, -0.25) is 4.68 Å². The first-order valence-corrected chi connectivity index (χ1v) is 3.51. The molecule has 0 saturated heterocycles. The number of nitrogens with zero attached hydrogens (tertiary/aromatic N) is 6. The van der Waals surface area contributed by atoms with Crippen LogP contribution in [0.25, 0.3) is 11.5 Å². The summed E-state index contributed by atoms with van der Waals surface area (Å²) in [7, 11) is 1.75. The third kappa shape index (κ3) is 1.08. The van der Waals surface area contributed by atoms with Gasteiger partial charge in [-0.25, -0.2) is 4.68 Å². The Hall–Kier alpha value is -2.12. The molecule has 0 saturated carbocycles. The van der Waals surface area contributed by atoms with Crippen LogP contribution in [-0.2, 0) is 7.05 Å². The van der Waals surface area contributed by atoms with E-state index in [0.29, 0.717) is 11.5 Å². The molecule has 2 rings (SSSR count). The monoisotopic (exact) mass is 180 g/mol. The van der Waals surface area contributed by atoms with Gasteiger partial charge in [0.05, 0.1) is 6.20 Å². The molecule has 0 radical (unpaired) electrons. The molecule has 2 aromatic heterocycles. The van der Waals surface area contributed by atoms with E-state index in [-0.39, 0.29) is 5.95 Å². The van der Waals surface area contributed by atoms with Crippen molar-refractivity contribution in [2.24, 2.45) is 7.05 Å². The molecule has 68 valence electrons. The fourth-order valence-electron chi connectivity index (χ4n) is 0.928. The van der Waals surface area contributed by atoms with Gasteiger partial charge < -0.3 is 11.6 Å². The molecule has 0 bridgehead atoms. The summed E-state index contributed by atoms with van der Waals surface area (Å²) in [5.41, 5.74) is 5.93. The Morgan fingerprint density at radius 2 is 2.08 bits per heavy atom. The smallest absolute Gasteiger partial charge is 0.241 e. The summed E-state index contributed by atoms with van der Waals surface area (Å²) in [6.07, 6.45) is 1.67. The largest absolute Gasteiger partial charge is 0.366 e. The van der Waals surface area contributed by atoms with Gasteiger partial charge in [0.2, 0.25) is 11.8 Å². The molecule has 2 heterocycles. The number of rotatable bonds is 1. The van der Waals surface area contributed by atoms with E-state index in [1.807, 2.05) is 0 Å². The molecule has 0 unspecified atom stereocenters. The summed E-state index contributed by atoms with van der Waals surface area (Å²) in [6, 6.07) is 0. The van der Waals surface area contributed by atoms with Gasteiger partial charge in [0.25, 0.3) is 0 Å². The first kappa shape index (κ1) is 7.53. The maximum atomic E-state index is 5.53. The third-order valence-electron chi connectivity index (χ3n) is 1.55. The lowest BCUT2D eigenvalue weighted by Crippen LogP contribution is -2.13. The highest BCUT2D eigenvalue weighted by atomic mass is 15.5. The highest BCUT2D eigenvalue weighted by molar-refractivity contribution is 5.49. The molecule has 0 spiro atoms. The quantitative estimate of drug-likeness (QED) is 0.509. The molecule has 0 aliphatic heterocycles. The van der Waals surface area contributed by atoms with Crippen LogP contribution in [0.2, 0.25) is 0 Å². The van der Waals surface area contributed by atoms with Crippen LogP contribution in [0, 0.1) is 0 Å². The van der Waals surface area contributed by atoms with E-state index in [0.717, 1.165) is 4.68 Å². The number of aromatic nitrogens is 6. The third-order valence-corrected chi connectivity index (χ3v) is 1.55.